The van der Waals surface area contributed by atoms with Crippen LogP contribution in [0.25, 0.3) is 0 Å². The third kappa shape index (κ3) is 5.83. The topological polar surface area (TPSA) is 43.3 Å². The lowest BCUT2D eigenvalue weighted by atomic mass is 10.1. The van der Waals surface area contributed by atoms with E-state index in [0.29, 0.717) is 5.92 Å². The molecule has 2 heterocycles. The first-order valence-corrected chi connectivity index (χ1v) is 10.6. The Labute approximate surface area is 174 Å². The molecule has 0 saturated carbocycles. The lowest BCUT2D eigenvalue weighted by Crippen LogP contribution is -2.44. The Morgan fingerprint density at radius 1 is 1.25 bits per heavy atom. The minimum Gasteiger partial charge on any atom is -0.379 e. The van der Waals surface area contributed by atoms with Crippen molar-refractivity contribution in [1.82, 2.24) is 20.0 Å². The van der Waals surface area contributed by atoms with Crippen LogP contribution in [0, 0.1) is 5.92 Å². The molecular formula is C21H34ClN5O. The molecule has 1 aromatic carbocycles. The van der Waals surface area contributed by atoms with Gasteiger partial charge in [0.05, 0.1) is 19.3 Å². The predicted molar refractivity (Wildman–Crippen MR) is 116 cm³/mol. The molecule has 0 amide bonds. The third-order valence-electron chi connectivity index (χ3n) is 5.75. The first-order valence-electron chi connectivity index (χ1n) is 10.2. The molecule has 2 atom stereocenters. The maximum Gasteiger partial charge on any atom is 0.193 e. The number of hydrogen-bond donors (Lipinski definition) is 1. The van der Waals surface area contributed by atoms with E-state index in [0.717, 1.165) is 56.9 Å². The van der Waals surface area contributed by atoms with E-state index in [2.05, 4.69) is 51.2 Å². The fourth-order valence-electron chi connectivity index (χ4n) is 4.13. The lowest BCUT2D eigenvalue weighted by molar-refractivity contribution is 0.0315. The van der Waals surface area contributed by atoms with Crippen LogP contribution in [-0.2, 0) is 4.74 Å². The molecule has 2 saturated heterocycles. The number of aliphatic imine (C=N–C) groups is 1. The van der Waals surface area contributed by atoms with Crippen LogP contribution in [0.5, 0.6) is 0 Å². The Morgan fingerprint density at radius 3 is 2.61 bits per heavy atom. The number of hydrogen-bond acceptors (Lipinski definition) is 4. The number of guanidine groups is 1. The quantitative estimate of drug-likeness (QED) is 0.578. The van der Waals surface area contributed by atoms with Crippen molar-refractivity contribution in [3.05, 3.63) is 34.9 Å². The summed E-state index contributed by atoms with van der Waals surface area (Å²) in [4.78, 5) is 11.7. The zero-order valence-electron chi connectivity index (χ0n) is 17.4. The Bertz CT molecular complexity index is 630. The summed E-state index contributed by atoms with van der Waals surface area (Å²) in [5, 5.41) is 4.37. The number of benzene rings is 1. The van der Waals surface area contributed by atoms with Crippen LogP contribution in [-0.4, -0.2) is 94.3 Å². The normalized spacial score (nSPS) is 22.7. The van der Waals surface area contributed by atoms with Crippen LogP contribution in [0.15, 0.2) is 29.3 Å². The van der Waals surface area contributed by atoms with Gasteiger partial charge in [0.25, 0.3) is 0 Å². The second kappa shape index (κ2) is 10.4. The molecule has 2 aliphatic heterocycles. The van der Waals surface area contributed by atoms with Gasteiger partial charge in [-0.15, -0.1) is 0 Å². The Morgan fingerprint density at radius 2 is 1.96 bits per heavy atom. The zero-order chi connectivity index (χ0) is 19.9. The third-order valence-corrected chi connectivity index (χ3v) is 6.00. The first-order chi connectivity index (χ1) is 13.6. The number of likely N-dealkylation sites (N-methyl/N-ethyl adjacent to an activating group) is 1. The molecule has 2 unspecified atom stereocenters. The number of likely N-dealkylation sites (tertiary alicyclic amines) is 1. The van der Waals surface area contributed by atoms with Crippen molar-refractivity contribution in [3.8, 4) is 0 Å². The van der Waals surface area contributed by atoms with Gasteiger partial charge in [0.15, 0.2) is 5.96 Å². The Balaban J connectivity index is 1.52. The number of rotatable bonds is 6. The van der Waals surface area contributed by atoms with Gasteiger partial charge in [0, 0.05) is 51.3 Å². The van der Waals surface area contributed by atoms with E-state index in [1.165, 1.54) is 18.5 Å². The highest BCUT2D eigenvalue weighted by molar-refractivity contribution is 6.30. The fraction of sp³-hybridized carbons (Fsp3) is 0.667. The number of nitrogens with one attached hydrogen (secondary N) is 1. The summed E-state index contributed by atoms with van der Waals surface area (Å²) >= 11 is 6.05. The molecular weight excluding hydrogens is 374 g/mol. The summed E-state index contributed by atoms with van der Waals surface area (Å²) < 4.78 is 5.47. The molecule has 156 valence electrons. The van der Waals surface area contributed by atoms with Crippen LogP contribution < -0.4 is 5.32 Å². The molecule has 7 heteroatoms. The average molecular weight is 408 g/mol. The SMILES string of the molecule is CN=C(NCC(c1ccc(Cl)cc1)N(C)C)N1CCC(CN2CCOCC2)C1. The zero-order valence-corrected chi connectivity index (χ0v) is 18.2. The summed E-state index contributed by atoms with van der Waals surface area (Å²) in [6, 6.07) is 8.38. The van der Waals surface area contributed by atoms with Gasteiger partial charge in [-0.3, -0.25) is 9.89 Å². The van der Waals surface area contributed by atoms with Gasteiger partial charge in [0.1, 0.15) is 0 Å². The smallest absolute Gasteiger partial charge is 0.193 e. The molecule has 0 radical (unpaired) electrons. The largest absolute Gasteiger partial charge is 0.379 e. The second-order valence-corrected chi connectivity index (χ2v) is 8.41. The second-order valence-electron chi connectivity index (χ2n) is 7.97. The van der Waals surface area contributed by atoms with Crippen molar-refractivity contribution in [2.24, 2.45) is 10.9 Å². The minimum absolute atomic E-state index is 0.265. The van der Waals surface area contributed by atoms with Gasteiger partial charge in [-0.25, -0.2) is 0 Å². The molecule has 3 rings (SSSR count). The molecule has 2 aliphatic rings. The monoisotopic (exact) mass is 407 g/mol. The molecule has 1 aromatic rings. The van der Waals surface area contributed by atoms with Crippen molar-refractivity contribution in [1.29, 1.82) is 0 Å². The van der Waals surface area contributed by atoms with E-state index in [1.54, 1.807) is 0 Å². The highest BCUT2D eigenvalue weighted by Gasteiger charge is 2.27. The van der Waals surface area contributed by atoms with Gasteiger partial charge < -0.3 is 19.9 Å². The van der Waals surface area contributed by atoms with E-state index in [4.69, 9.17) is 16.3 Å². The van der Waals surface area contributed by atoms with Gasteiger partial charge in [-0.05, 0) is 44.1 Å². The maximum absolute atomic E-state index is 6.05. The molecule has 0 aromatic heterocycles. The molecule has 28 heavy (non-hydrogen) atoms. The van der Waals surface area contributed by atoms with Gasteiger partial charge in [-0.2, -0.15) is 0 Å². The number of morpholine rings is 1. The average Bonchev–Trinajstić information content (AvgIpc) is 3.15. The molecule has 1 N–H and O–H groups in total. The predicted octanol–water partition coefficient (Wildman–Crippen LogP) is 2.17. The van der Waals surface area contributed by atoms with Crippen LogP contribution in [0.4, 0.5) is 0 Å². The molecule has 0 bridgehead atoms. The van der Waals surface area contributed by atoms with Crippen LogP contribution in [0.3, 0.4) is 0 Å². The maximum atomic E-state index is 6.05. The summed E-state index contributed by atoms with van der Waals surface area (Å²) in [5.74, 6) is 1.71. The standard InChI is InChI=1S/C21H34ClN5O/c1-23-21(24-14-20(25(2)3)18-4-6-19(22)7-5-18)27-9-8-17(16-27)15-26-10-12-28-13-11-26/h4-7,17,20H,8-16H2,1-3H3,(H,23,24). The Hall–Kier alpha value is -1.34. The van der Waals surface area contributed by atoms with Gasteiger partial charge >= 0.3 is 0 Å². The van der Waals surface area contributed by atoms with E-state index in [-0.39, 0.29) is 6.04 Å². The van der Waals surface area contributed by atoms with Gasteiger partial charge in [-0.1, -0.05) is 23.7 Å². The number of ether oxygens (including phenoxy) is 1. The highest BCUT2D eigenvalue weighted by atomic mass is 35.5. The molecule has 0 spiro atoms. The van der Waals surface area contributed by atoms with E-state index < -0.39 is 0 Å². The van der Waals surface area contributed by atoms with E-state index in [1.807, 2.05) is 19.2 Å². The van der Waals surface area contributed by atoms with Crippen molar-refractivity contribution in [3.63, 3.8) is 0 Å². The summed E-state index contributed by atoms with van der Waals surface area (Å²) in [7, 11) is 6.10. The van der Waals surface area contributed by atoms with Crippen molar-refractivity contribution in [2.45, 2.75) is 12.5 Å². The molecule has 2 fully saturated rings. The highest BCUT2D eigenvalue weighted by Crippen LogP contribution is 2.21. The number of nitrogens with zero attached hydrogens (tertiary/aromatic N) is 4. The number of halogens is 1. The van der Waals surface area contributed by atoms with Crippen LogP contribution in [0.1, 0.15) is 18.0 Å². The minimum atomic E-state index is 0.265. The first kappa shape index (κ1) is 21.4. The van der Waals surface area contributed by atoms with Crippen LogP contribution in [0.2, 0.25) is 5.02 Å². The van der Waals surface area contributed by atoms with Gasteiger partial charge in [0.2, 0.25) is 0 Å². The van der Waals surface area contributed by atoms with E-state index >= 15 is 0 Å². The summed E-state index contributed by atoms with van der Waals surface area (Å²) in [6.07, 6.45) is 1.23. The van der Waals surface area contributed by atoms with Crippen molar-refractivity contribution in [2.75, 3.05) is 73.6 Å². The Kier molecular flexibility index (Phi) is 7.97. The van der Waals surface area contributed by atoms with Crippen LogP contribution >= 0.6 is 11.6 Å². The lowest BCUT2D eigenvalue weighted by Gasteiger charge is -2.30. The van der Waals surface area contributed by atoms with Crippen molar-refractivity contribution < 1.29 is 4.74 Å². The molecule has 6 nitrogen and oxygen atoms in total. The van der Waals surface area contributed by atoms with Crippen molar-refractivity contribution >= 4 is 17.6 Å². The van der Waals surface area contributed by atoms with E-state index in [9.17, 15) is 0 Å². The summed E-state index contributed by atoms with van der Waals surface area (Å²) in [6.45, 7) is 8.00. The summed E-state index contributed by atoms with van der Waals surface area (Å²) in [5.41, 5.74) is 1.25. The fourth-order valence-corrected chi connectivity index (χ4v) is 4.25. The molecule has 0 aliphatic carbocycles.